The van der Waals surface area contributed by atoms with Crippen molar-refractivity contribution < 1.29 is 22.3 Å². The van der Waals surface area contributed by atoms with Crippen LogP contribution in [0.25, 0.3) is 0 Å². The molecule has 1 saturated carbocycles. The normalized spacial score (nSPS) is 25.0. The lowest BCUT2D eigenvalue weighted by molar-refractivity contribution is 0.0729. The quantitative estimate of drug-likeness (QED) is 0.863. The minimum Gasteiger partial charge on any atom is -0.379 e. The molecule has 6 nitrogen and oxygen atoms in total. The Hall–Kier alpha value is -1.51. The summed E-state index contributed by atoms with van der Waals surface area (Å²) in [7, 11) is -3.99. The maximum absolute atomic E-state index is 14.2. The lowest BCUT2D eigenvalue weighted by Gasteiger charge is -2.27. The van der Waals surface area contributed by atoms with Crippen LogP contribution in [0.3, 0.4) is 0 Å². The van der Waals surface area contributed by atoms with E-state index in [1.165, 1.54) is 10.4 Å². The number of sulfonamides is 1. The number of nitrogens with zero attached hydrogens (tertiary/aromatic N) is 1. The van der Waals surface area contributed by atoms with E-state index in [1.807, 2.05) is 0 Å². The van der Waals surface area contributed by atoms with Gasteiger partial charge in [0.2, 0.25) is 10.0 Å². The Morgan fingerprint density at radius 2 is 1.85 bits per heavy atom. The van der Waals surface area contributed by atoms with Gasteiger partial charge in [0, 0.05) is 24.7 Å². The lowest BCUT2D eigenvalue weighted by Crippen LogP contribution is -2.41. The number of hydrogen-bond donors (Lipinski definition) is 1. The third-order valence-corrected chi connectivity index (χ3v) is 7.05. The molecule has 1 N–H and O–H groups in total. The highest BCUT2D eigenvalue weighted by atomic mass is 32.2. The van der Waals surface area contributed by atoms with Gasteiger partial charge in [-0.1, -0.05) is 6.92 Å². The predicted molar refractivity (Wildman–Crippen MR) is 94.9 cm³/mol. The van der Waals surface area contributed by atoms with Gasteiger partial charge in [0.1, 0.15) is 10.7 Å². The number of amides is 1. The van der Waals surface area contributed by atoms with Gasteiger partial charge >= 0.3 is 0 Å². The third-order valence-electron chi connectivity index (χ3n) is 5.13. The van der Waals surface area contributed by atoms with Gasteiger partial charge in [0.15, 0.2) is 0 Å². The van der Waals surface area contributed by atoms with Crippen LogP contribution >= 0.6 is 0 Å². The number of halogens is 1. The number of ether oxygens (including phenoxy) is 1. The summed E-state index contributed by atoms with van der Waals surface area (Å²) in [5.41, 5.74) is 0.164. The number of carbonyl (C=O) groups is 1. The first kappa shape index (κ1) is 19.3. The molecule has 26 heavy (non-hydrogen) atoms. The van der Waals surface area contributed by atoms with E-state index in [-0.39, 0.29) is 43.8 Å². The maximum Gasteiger partial charge on any atom is 0.251 e. The highest BCUT2D eigenvalue weighted by Gasteiger charge is 2.30. The first-order chi connectivity index (χ1) is 12.4. The van der Waals surface area contributed by atoms with Gasteiger partial charge in [-0.15, -0.1) is 0 Å². The number of hydrogen-bond acceptors (Lipinski definition) is 4. The van der Waals surface area contributed by atoms with E-state index in [0.717, 1.165) is 37.8 Å². The van der Waals surface area contributed by atoms with Crippen molar-refractivity contribution in [1.82, 2.24) is 9.62 Å². The molecule has 144 valence electrons. The molecule has 1 aliphatic carbocycles. The smallest absolute Gasteiger partial charge is 0.251 e. The molecule has 0 aromatic heterocycles. The molecular weight excluding hydrogens is 359 g/mol. The van der Waals surface area contributed by atoms with Crippen LogP contribution < -0.4 is 5.32 Å². The molecule has 2 fully saturated rings. The van der Waals surface area contributed by atoms with E-state index < -0.39 is 20.7 Å². The number of nitrogens with one attached hydrogen (secondary N) is 1. The highest BCUT2D eigenvalue weighted by molar-refractivity contribution is 7.89. The van der Waals surface area contributed by atoms with Gasteiger partial charge < -0.3 is 10.1 Å². The Morgan fingerprint density at radius 3 is 2.50 bits per heavy atom. The van der Waals surface area contributed by atoms with Crippen LogP contribution in [-0.2, 0) is 14.8 Å². The average molecular weight is 384 g/mol. The molecule has 0 bridgehead atoms. The molecule has 1 heterocycles. The van der Waals surface area contributed by atoms with Gasteiger partial charge in [-0.05, 0) is 49.8 Å². The summed E-state index contributed by atoms with van der Waals surface area (Å²) < 4.78 is 46.0. The zero-order valence-corrected chi connectivity index (χ0v) is 15.7. The molecule has 0 unspecified atom stereocenters. The zero-order valence-electron chi connectivity index (χ0n) is 14.9. The van der Waals surface area contributed by atoms with Crippen LogP contribution in [0.1, 0.15) is 43.0 Å². The van der Waals surface area contributed by atoms with Crippen molar-refractivity contribution in [1.29, 1.82) is 0 Å². The second kappa shape index (κ2) is 8.02. The maximum atomic E-state index is 14.2. The van der Waals surface area contributed by atoms with Crippen LogP contribution in [0.5, 0.6) is 0 Å². The van der Waals surface area contributed by atoms with E-state index in [1.54, 1.807) is 0 Å². The summed E-state index contributed by atoms with van der Waals surface area (Å²) in [4.78, 5) is 12.0. The van der Waals surface area contributed by atoms with Crippen LogP contribution in [0.4, 0.5) is 4.39 Å². The molecule has 0 atom stereocenters. The summed E-state index contributed by atoms with van der Waals surface area (Å²) >= 11 is 0. The fourth-order valence-corrected chi connectivity index (χ4v) is 4.94. The highest BCUT2D eigenvalue weighted by Crippen LogP contribution is 2.25. The number of carbonyl (C=O) groups excluding carboxylic acids is 1. The summed E-state index contributed by atoms with van der Waals surface area (Å²) in [5, 5.41) is 2.94. The minimum atomic E-state index is -3.99. The summed E-state index contributed by atoms with van der Waals surface area (Å²) in [6, 6.07) is 3.60. The van der Waals surface area contributed by atoms with Crippen LogP contribution in [0, 0.1) is 11.7 Å². The van der Waals surface area contributed by atoms with Gasteiger partial charge in [-0.25, -0.2) is 12.8 Å². The summed E-state index contributed by atoms with van der Waals surface area (Å²) in [5.74, 6) is -0.540. The molecule has 1 aromatic rings. The van der Waals surface area contributed by atoms with Gasteiger partial charge in [0.25, 0.3) is 5.91 Å². The first-order valence-corrected chi connectivity index (χ1v) is 10.5. The molecule has 1 aromatic carbocycles. The average Bonchev–Trinajstić information content (AvgIpc) is 2.64. The van der Waals surface area contributed by atoms with Crippen molar-refractivity contribution in [2.45, 2.75) is 43.5 Å². The first-order valence-electron chi connectivity index (χ1n) is 9.06. The van der Waals surface area contributed by atoms with E-state index in [4.69, 9.17) is 4.74 Å². The second-order valence-corrected chi connectivity index (χ2v) is 9.00. The van der Waals surface area contributed by atoms with Crippen LogP contribution in [-0.4, -0.2) is 51.0 Å². The van der Waals surface area contributed by atoms with E-state index in [0.29, 0.717) is 5.92 Å². The Kier molecular flexibility index (Phi) is 5.94. The van der Waals surface area contributed by atoms with E-state index >= 15 is 0 Å². The molecular formula is C18H25FN2O4S. The van der Waals surface area contributed by atoms with Crippen molar-refractivity contribution >= 4 is 15.9 Å². The van der Waals surface area contributed by atoms with E-state index in [9.17, 15) is 17.6 Å². The fraction of sp³-hybridized carbons (Fsp3) is 0.611. The number of benzene rings is 1. The molecule has 2 aliphatic rings. The molecule has 8 heteroatoms. The number of rotatable bonds is 4. The summed E-state index contributed by atoms with van der Waals surface area (Å²) in [6.45, 7) is 3.11. The standard InChI is InChI=1S/C18H25FN2O4S/c1-13-2-5-15(6-3-13)20-18(22)14-4-7-16(19)17(12-14)26(23,24)21-8-10-25-11-9-21/h4,7,12-13,15H,2-3,5-6,8-11H2,1H3,(H,20,22). The SMILES string of the molecule is CC1CCC(NC(=O)c2ccc(F)c(S(=O)(=O)N3CCOCC3)c2)CC1. The minimum absolute atomic E-state index is 0.0862. The molecule has 1 amide bonds. The molecule has 0 spiro atoms. The lowest BCUT2D eigenvalue weighted by atomic mass is 9.87. The molecule has 3 rings (SSSR count). The van der Waals surface area contributed by atoms with Crippen molar-refractivity contribution in [2.75, 3.05) is 26.3 Å². The van der Waals surface area contributed by atoms with Crippen molar-refractivity contribution in [2.24, 2.45) is 5.92 Å². The van der Waals surface area contributed by atoms with Gasteiger partial charge in [0.05, 0.1) is 13.2 Å². The Morgan fingerprint density at radius 1 is 1.19 bits per heavy atom. The molecule has 1 saturated heterocycles. The Bertz CT molecular complexity index is 754. The van der Waals surface area contributed by atoms with Crippen molar-refractivity contribution in [3.63, 3.8) is 0 Å². The second-order valence-electron chi connectivity index (χ2n) is 7.09. The molecule has 1 aliphatic heterocycles. The topological polar surface area (TPSA) is 75.7 Å². The Balaban J connectivity index is 1.77. The van der Waals surface area contributed by atoms with Crippen LogP contribution in [0.15, 0.2) is 23.1 Å². The van der Waals surface area contributed by atoms with Gasteiger partial charge in [-0.3, -0.25) is 4.79 Å². The monoisotopic (exact) mass is 384 g/mol. The number of morpholine rings is 1. The predicted octanol–water partition coefficient (Wildman–Crippen LogP) is 2.16. The third kappa shape index (κ3) is 4.24. The van der Waals surface area contributed by atoms with Crippen molar-refractivity contribution in [3.8, 4) is 0 Å². The fourth-order valence-electron chi connectivity index (χ4n) is 3.44. The van der Waals surface area contributed by atoms with Crippen LogP contribution in [0.2, 0.25) is 0 Å². The Labute approximate surface area is 153 Å². The van der Waals surface area contributed by atoms with Crippen molar-refractivity contribution in [3.05, 3.63) is 29.6 Å². The zero-order chi connectivity index (χ0) is 18.7. The van der Waals surface area contributed by atoms with E-state index in [2.05, 4.69) is 12.2 Å². The largest absolute Gasteiger partial charge is 0.379 e. The molecule has 0 radical (unpaired) electrons. The van der Waals surface area contributed by atoms with Gasteiger partial charge in [-0.2, -0.15) is 4.31 Å². The summed E-state index contributed by atoms with van der Waals surface area (Å²) in [6.07, 6.45) is 3.94.